The van der Waals surface area contributed by atoms with Crippen LogP contribution in [-0.4, -0.2) is 31.2 Å². The van der Waals surface area contributed by atoms with E-state index in [4.69, 9.17) is 4.74 Å². The van der Waals surface area contributed by atoms with E-state index >= 15 is 0 Å². The molecule has 92 valence electrons. The summed E-state index contributed by atoms with van der Waals surface area (Å²) in [4.78, 5) is 18.1. The molecular formula is C12H15BrN2O2. The Hall–Kier alpha value is -1.10. The molecule has 0 aliphatic carbocycles. The van der Waals surface area contributed by atoms with Crippen molar-refractivity contribution in [3.8, 4) is 0 Å². The number of esters is 1. The number of carbonyl (C=O) groups is 1. The van der Waals surface area contributed by atoms with Crippen molar-refractivity contribution in [1.29, 1.82) is 0 Å². The topological polar surface area (TPSA) is 42.4 Å². The number of carbonyl (C=O) groups excluding carboxylic acids is 1. The first-order valence-corrected chi connectivity index (χ1v) is 6.50. The lowest BCUT2D eigenvalue weighted by Gasteiger charge is -2.27. The van der Waals surface area contributed by atoms with Crippen molar-refractivity contribution in [2.75, 3.05) is 25.1 Å². The van der Waals surface area contributed by atoms with E-state index in [1.54, 1.807) is 12.3 Å². The van der Waals surface area contributed by atoms with Crippen LogP contribution in [0.5, 0.6) is 0 Å². The Balaban J connectivity index is 2.26. The highest BCUT2D eigenvalue weighted by Crippen LogP contribution is 2.23. The molecule has 4 nitrogen and oxygen atoms in total. The summed E-state index contributed by atoms with van der Waals surface area (Å²) in [5.41, 5.74) is 0.531. The SMILES string of the molecule is COC(=O)c1cc(N2CCCCC2)ncc1Br. The van der Waals surface area contributed by atoms with Crippen LogP contribution in [0.3, 0.4) is 0 Å². The first-order chi connectivity index (χ1) is 8.22. The van der Waals surface area contributed by atoms with Gasteiger partial charge in [-0.2, -0.15) is 0 Å². The molecule has 1 fully saturated rings. The number of piperidine rings is 1. The van der Waals surface area contributed by atoms with Crippen molar-refractivity contribution in [2.24, 2.45) is 0 Å². The summed E-state index contributed by atoms with van der Waals surface area (Å²) in [7, 11) is 1.38. The van der Waals surface area contributed by atoms with Crippen LogP contribution in [0.25, 0.3) is 0 Å². The second-order valence-electron chi connectivity index (χ2n) is 4.06. The number of hydrogen-bond donors (Lipinski definition) is 0. The number of anilines is 1. The molecule has 0 unspecified atom stereocenters. The predicted octanol–water partition coefficient (Wildman–Crippen LogP) is 2.62. The van der Waals surface area contributed by atoms with Crippen LogP contribution in [0.4, 0.5) is 5.82 Å². The van der Waals surface area contributed by atoms with Gasteiger partial charge in [-0.25, -0.2) is 9.78 Å². The third-order valence-corrected chi connectivity index (χ3v) is 3.56. The maximum absolute atomic E-state index is 11.6. The number of methoxy groups -OCH3 is 1. The van der Waals surface area contributed by atoms with Gasteiger partial charge in [0.15, 0.2) is 0 Å². The quantitative estimate of drug-likeness (QED) is 0.787. The average molecular weight is 299 g/mol. The van der Waals surface area contributed by atoms with Crippen molar-refractivity contribution in [2.45, 2.75) is 19.3 Å². The molecule has 1 aliphatic heterocycles. The van der Waals surface area contributed by atoms with E-state index in [1.165, 1.54) is 26.4 Å². The summed E-state index contributed by atoms with van der Waals surface area (Å²) in [5, 5.41) is 0. The normalized spacial score (nSPS) is 15.8. The number of aromatic nitrogens is 1. The van der Waals surface area contributed by atoms with E-state index in [0.29, 0.717) is 10.0 Å². The molecule has 1 aromatic heterocycles. The number of nitrogens with zero attached hydrogens (tertiary/aromatic N) is 2. The molecule has 1 aromatic rings. The number of ether oxygens (including phenoxy) is 1. The summed E-state index contributed by atoms with van der Waals surface area (Å²) in [6.45, 7) is 2.02. The second kappa shape index (κ2) is 5.49. The molecule has 0 N–H and O–H groups in total. The highest BCUT2D eigenvalue weighted by Gasteiger charge is 2.16. The molecule has 1 aliphatic rings. The minimum absolute atomic E-state index is 0.336. The summed E-state index contributed by atoms with van der Waals surface area (Å²) < 4.78 is 5.42. The Morgan fingerprint density at radius 1 is 1.41 bits per heavy atom. The molecule has 5 heteroatoms. The molecule has 0 saturated carbocycles. The molecule has 0 amide bonds. The lowest BCUT2D eigenvalue weighted by Crippen LogP contribution is -2.30. The van der Waals surface area contributed by atoms with Gasteiger partial charge in [0.25, 0.3) is 0 Å². The minimum Gasteiger partial charge on any atom is -0.465 e. The second-order valence-corrected chi connectivity index (χ2v) is 4.92. The summed E-state index contributed by atoms with van der Waals surface area (Å²) in [6.07, 6.45) is 5.31. The van der Waals surface area contributed by atoms with Gasteiger partial charge in [0.1, 0.15) is 5.82 Å². The summed E-state index contributed by atoms with van der Waals surface area (Å²) >= 11 is 3.31. The molecular weight excluding hydrogens is 284 g/mol. The van der Waals surface area contributed by atoms with Crippen LogP contribution in [-0.2, 0) is 4.74 Å². The molecule has 0 atom stereocenters. The fraction of sp³-hybridized carbons (Fsp3) is 0.500. The van der Waals surface area contributed by atoms with Gasteiger partial charge in [-0.05, 0) is 41.3 Å². The number of halogens is 1. The van der Waals surface area contributed by atoms with Crippen molar-refractivity contribution in [3.05, 3.63) is 22.3 Å². The summed E-state index contributed by atoms with van der Waals surface area (Å²) in [6, 6.07) is 1.79. The number of rotatable bonds is 2. The van der Waals surface area contributed by atoms with Crippen LogP contribution >= 0.6 is 15.9 Å². The largest absolute Gasteiger partial charge is 0.465 e. The van der Waals surface area contributed by atoms with Crippen LogP contribution in [0.2, 0.25) is 0 Å². The van der Waals surface area contributed by atoms with Crippen molar-refractivity contribution in [3.63, 3.8) is 0 Å². The Labute approximate surface area is 109 Å². The molecule has 2 rings (SSSR count). The monoisotopic (exact) mass is 298 g/mol. The highest BCUT2D eigenvalue weighted by molar-refractivity contribution is 9.10. The predicted molar refractivity (Wildman–Crippen MR) is 69.3 cm³/mol. The first-order valence-electron chi connectivity index (χ1n) is 5.71. The Kier molecular flexibility index (Phi) is 3.99. The molecule has 0 aromatic carbocycles. The first kappa shape index (κ1) is 12.4. The van der Waals surface area contributed by atoms with Gasteiger partial charge in [0, 0.05) is 19.3 Å². The van der Waals surface area contributed by atoms with Gasteiger partial charge in [-0.15, -0.1) is 0 Å². The van der Waals surface area contributed by atoms with E-state index in [-0.39, 0.29) is 5.97 Å². The number of hydrogen-bond acceptors (Lipinski definition) is 4. The molecule has 2 heterocycles. The summed E-state index contributed by atoms with van der Waals surface area (Å²) in [5.74, 6) is 0.519. The van der Waals surface area contributed by atoms with Crippen molar-refractivity contribution < 1.29 is 9.53 Å². The number of pyridine rings is 1. The Morgan fingerprint density at radius 2 is 2.12 bits per heavy atom. The average Bonchev–Trinajstić information content (AvgIpc) is 2.39. The molecule has 0 bridgehead atoms. The maximum atomic E-state index is 11.6. The molecule has 0 spiro atoms. The zero-order chi connectivity index (χ0) is 12.3. The van der Waals surface area contributed by atoms with Crippen molar-refractivity contribution >= 4 is 27.7 Å². The van der Waals surface area contributed by atoms with E-state index in [1.807, 2.05) is 0 Å². The molecule has 17 heavy (non-hydrogen) atoms. The van der Waals surface area contributed by atoms with Gasteiger partial charge in [0.05, 0.1) is 17.1 Å². The molecule has 1 saturated heterocycles. The van der Waals surface area contributed by atoms with E-state index in [0.717, 1.165) is 18.9 Å². The fourth-order valence-corrected chi connectivity index (χ4v) is 2.37. The standard InChI is InChI=1S/C12H15BrN2O2/c1-17-12(16)9-7-11(14-8-10(9)13)15-5-3-2-4-6-15/h7-8H,2-6H2,1H3. The van der Waals surface area contributed by atoms with E-state index < -0.39 is 0 Å². The van der Waals surface area contributed by atoms with Gasteiger partial charge >= 0.3 is 5.97 Å². The van der Waals surface area contributed by atoms with Gasteiger partial charge in [0.2, 0.25) is 0 Å². The van der Waals surface area contributed by atoms with E-state index in [2.05, 4.69) is 25.8 Å². The van der Waals surface area contributed by atoms with Crippen LogP contribution < -0.4 is 4.90 Å². The zero-order valence-corrected chi connectivity index (χ0v) is 11.4. The fourth-order valence-electron chi connectivity index (χ4n) is 1.99. The third kappa shape index (κ3) is 2.77. The Bertz CT molecular complexity index is 417. The van der Waals surface area contributed by atoms with E-state index in [9.17, 15) is 4.79 Å². The molecule has 0 radical (unpaired) electrons. The van der Waals surface area contributed by atoms with Gasteiger partial charge in [-0.3, -0.25) is 0 Å². The Morgan fingerprint density at radius 3 is 2.76 bits per heavy atom. The minimum atomic E-state index is -0.336. The highest BCUT2D eigenvalue weighted by atomic mass is 79.9. The lowest BCUT2D eigenvalue weighted by molar-refractivity contribution is 0.0599. The van der Waals surface area contributed by atoms with Gasteiger partial charge < -0.3 is 9.64 Å². The van der Waals surface area contributed by atoms with Crippen LogP contribution in [0.15, 0.2) is 16.7 Å². The maximum Gasteiger partial charge on any atom is 0.339 e. The van der Waals surface area contributed by atoms with Crippen LogP contribution in [0, 0.1) is 0 Å². The van der Waals surface area contributed by atoms with Gasteiger partial charge in [-0.1, -0.05) is 0 Å². The third-order valence-electron chi connectivity index (χ3n) is 2.93. The zero-order valence-electron chi connectivity index (χ0n) is 9.78. The lowest BCUT2D eigenvalue weighted by atomic mass is 10.1. The smallest absolute Gasteiger partial charge is 0.339 e. The van der Waals surface area contributed by atoms with Crippen LogP contribution in [0.1, 0.15) is 29.6 Å². The van der Waals surface area contributed by atoms with Crippen molar-refractivity contribution in [1.82, 2.24) is 4.98 Å².